The summed E-state index contributed by atoms with van der Waals surface area (Å²) in [6.07, 6.45) is 8.25. The van der Waals surface area contributed by atoms with E-state index in [9.17, 15) is 0 Å². The molecule has 1 aromatic rings. The van der Waals surface area contributed by atoms with Crippen LogP contribution in [0.1, 0.15) is 47.1 Å². The molecule has 0 aliphatic heterocycles. The lowest BCUT2D eigenvalue weighted by molar-refractivity contribution is 1.50. The predicted molar refractivity (Wildman–Crippen MR) is 91.0 cm³/mol. The molecule has 0 saturated carbocycles. The van der Waals surface area contributed by atoms with E-state index >= 15 is 0 Å². The maximum Gasteiger partial charge on any atom is -0.0603 e. The van der Waals surface area contributed by atoms with Gasteiger partial charge in [0, 0.05) is 0 Å². The van der Waals surface area contributed by atoms with Crippen LogP contribution in [-0.4, -0.2) is 0 Å². The van der Waals surface area contributed by atoms with Gasteiger partial charge in [-0.15, -0.1) is 24.6 Å². The Bertz CT molecular complexity index is 366. The van der Waals surface area contributed by atoms with Gasteiger partial charge in [0.05, 0.1) is 0 Å². The van der Waals surface area contributed by atoms with E-state index in [1.165, 1.54) is 11.1 Å². The summed E-state index contributed by atoms with van der Waals surface area (Å²) in [6.45, 7) is 15.9. The molecule has 0 unspecified atom stereocenters. The first-order valence-electron chi connectivity index (χ1n) is 7.34. The predicted octanol–water partition coefficient (Wildman–Crippen LogP) is 6.48. The molecule has 0 radical (unpaired) electrons. The molecule has 1 aliphatic rings. The Morgan fingerprint density at radius 3 is 1.74 bits per heavy atom. The van der Waals surface area contributed by atoms with Crippen LogP contribution in [0.2, 0.25) is 0 Å². The fourth-order valence-corrected chi connectivity index (χ4v) is 1.33. The molecular weight excluding hydrogens is 228 g/mol. The number of benzene rings is 1. The van der Waals surface area contributed by atoms with Crippen LogP contribution in [0.5, 0.6) is 0 Å². The van der Waals surface area contributed by atoms with Gasteiger partial charge >= 0.3 is 0 Å². The van der Waals surface area contributed by atoms with Crippen molar-refractivity contribution in [1.29, 1.82) is 0 Å². The quantitative estimate of drug-likeness (QED) is 0.505. The lowest BCUT2D eigenvalue weighted by atomic mass is 9.98. The average Bonchev–Trinajstić information content (AvgIpc) is 2.55. The highest BCUT2D eigenvalue weighted by molar-refractivity contribution is 5.78. The SMILES string of the molecule is C=C1C=CC(c2ccccc2)=C[CH-]1.CC.CC.CC. The summed E-state index contributed by atoms with van der Waals surface area (Å²) in [4.78, 5) is 0. The molecule has 1 aliphatic carbocycles. The Balaban J connectivity index is 0. The lowest BCUT2D eigenvalue weighted by Gasteiger charge is -2.15. The van der Waals surface area contributed by atoms with Gasteiger partial charge in [-0.2, -0.15) is 12.2 Å². The second-order valence-electron chi connectivity index (χ2n) is 3.06. The summed E-state index contributed by atoms with van der Waals surface area (Å²) in [5, 5.41) is 0. The first-order valence-corrected chi connectivity index (χ1v) is 7.34. The van der Waals surface area contributed by atoms with Crippen LogP contribution in [0, 0.1) is 6.42 Å². The molecule has 0 N–H and O–H groups in total. The van der Waals surface area contributed by atoms with E-state index in [4.69, 9.17) is 0 Å². The topological polar surface area (TPSA) is 0 Å². The van der Waals surface area contributed by atoms with Crippen molar-refractivity contribution in [1.82, 2.24) is 0 Å². The molecule has 1 aromatic carbocycles. The van der Waals surface area contributed by atoms with Crippen molar-refractivity contribution in [3.63, 3.8) is 0 Å². The molecule has 0 saturated heterocycles. The third kappa shape index (κ3) is 8.10. The Morgan fingerprint density at radius 2 is 1.32 bits per heavy atom. The minimum atomic E-state index is 1.06. The van der Waals surface area contributed by atoms with Gasteiger partial charge in [0.25, 0.3) is 0 Å². The summed E-state index contributed by atoms with van der Waals surface area (Å²) in [5.41, 5.74) is 3.55. The number of hydrogen-bond donors (Lipinski definition) is 0. The summed E-state index contributed by atoms with van der Waals surface area (Å²) in [7, 11) is 0. The summed E-state index contributed by atoms with van der Waals surface area (Å²) in [6, 6.07) is 10.3. The monoisotopic (exact) mass is 257 g/mol. The van der Waals surface area contributed by atoms with Gasteiger partial charge in [0.1, 0.15) is 0 Å². The van der Waals surface area contributed by atoms with E-state index in [1.54, 1.807) is 0 Å². The number of rotatable bonds is 1. The third-order valence-electron chi connectivity index (χ3n) is 2.06. The standard InChI is InChI=1S/C13H11.3C2H6/c1-11-7-9-13(10-8-11)12-5-3-2-4-6-12;3*1-2/h2-10H,1H2;3*1-2H3/q-1;;;. The smallest absolute Gasteiger partial charge is 0.0603 e. The summed E-state index contributed by atoms with van der Waals surface area (Å²) in [5.74, 6) is 0. The summed E-state index contributed by atoms with van der Waals surface area (Å²) < 4.78 is 0. The van der Waals surface area contributed by atoms with E-state index in [0.29, 0.717) is 0 Å². The van der Waals surface area contributed by atoms with Gasteiger partial charge in [-0.3, -0.25) is 0 Å². The van der Waals surface area contributed by atoms with Crippen molar-refractivity contribution in [2.75, 3.05) is 0 Å². The normalized spacial score (nSPS) is 11.3. The Labute approximate surface area is 120 Å². The van der Waals surface area contributed by atoms with Crippen molar-refractivity contribution in [3.8, 4) is 0 Å². The van der Waals surface area contributed by atoms with E-state index in [1.807, 2.05) is 72.2 Å². The molecule has 0 heterocycles. The molecule has 0 nitrogen and oxygen atoms in total. The largest absolute Gasteiger partial charge is 0.171 e. The van der Waals surface area contributed by atoms with E-state index < -0.39 is 0 Å². The van der Waals surface area contributed by atoms with Crippen LogP contribution in [0.3, 0.4) is 0 Å². The van der Waals surface area contributed by atoms with Crippen molar-refractivity contribution >= 4 is 5.57 Å². The molecule has 0 fully saturated rings. The van der Waals surface area contributed by atoms with Crippen molar-refractivity contribution in [2.45, 2.75) is 41.5 Å². The van der Waals surface area contributed by atoms with Gasteiger partial charge in [-0.05, 0) is 0 Å². The average molecular weight is 257 g/mol. The van der Waals surface area contributed by atoms with Gasteiger partial charge < -0.3 is 0 Å². The molecule has 0 amide bonds. The molecular formula is C19H29-. The highest BCUT2D eigenvalue weighted by Crippen LogP contribution is 2.21. The molecule has 0 bridgehead atoms. The maximum absolute atomic E-state index is 3.86. The summed E-state index contributed by atoms with van der Waals surface area (Å²) >= 11 is 0. The highest BCUT2D eigenvalue weighted by atomic mass is 14.1. The first kappa shape index (κ1) is 19.6. The van der Waals surface area contributed by atoms with E-state index in [2.05, 4.69) is 30.9 Å². The van der Waals surface area contributed by atoms with Crippen LogP contribution < -0.4 is 0 Å². The van der Waals surface area contributed by atoms with Crippen molar-refractivity contribution < 1.29 is 0 Å². The van der Waals surface area contributed by atoms with Crippen LogP contribution in [0.15, 0.2) is 60.7 Å². The second kappa shape index (κ2) is 14.4. The Hall–Kier alpha value is -1.69. The third-order valence-corrected chi connectivity index (χ3v) is 2.06. The van der Waals surface area contributed by atoms with Gasteiger partial charge in [0.2, 0.25) is 0 Å². The maximum atomic E-state index is 3.86. The number of hydrogen-bond acceptors (Lipinski definition) is 0. The minimum Gasteiger partial charge on any atom is -0.171 e. The molecule has 0 atom stereocenters. The molecule has 0 spiro atoms. The van der Waals surface area contributed by atoms with Gasteiger partial charge in [0.15, 0.2) is 0 Å². The zero-order chi connectivity index (χ0) is 15.1. The van der Waals surface area contributed by atoms with Gasteiger partial charge in [-0.1, -0.05) is 83.0 Å². The van der Waals surface area contributed by atoms with Gasteiger partial charge in [-0.25, -0.2) is 0 Å². The van der Waals surface area contributed by atoms with E-state index in [0.717, 1.165) is 5.57 Å². The zero-order valence-corrected chi connectivity index (χ0v) is 13.4. The molecule has 0 aromatic heterocycles. The van der Waals surface area contributed by atoms with Crippen LogP contribution in [0.4, 0.5) is 0 Å². The molecule has 19 heavy (non-hydrogen) atoms. The lowest BCUT2D eigenvalue weighted by Crippen LogP contribution is -1.87. The van der Waals surface area contributed by atoms with E-state index in [-0.39, 0.29) is 0 Å². The van der Waals surface area contributed by atoms with Crippen molar-refractivity contribution in [3.05, 3.63) is 72.7 Å². The fourth-order valence-electron chi connectivity index (χ4n) is 1.33. The van der Waals surface area contributed by atoms with Crippen LogP contribution in [0.25, 0.3) is 5.57 Å². The molecule has 0 heteroatoms. The highest BCUT2D eigenvalue weighted by Gasteiger charge is 1.93. The molecule has 106 valence electrons. The van der Waals surface area contributed by atoms with Crippen LogP contribution in [-0.2, 0) is 0 Å². The molecule has 2 rings (SSSR count). The minimum absolute atomic E-state index is 1.06. The first-order chi connectivity index (χ1) is 9.36. The Kier molecular flexibility index (Phi) is 14.9. The Morgan fingerprint density at radius 1 is 0.789 bits per heavy atom. The van der Waals surface area contributed by atoms with Crippen LogP contribution >= 0.6 is 0 Å². The van der Waals surface area contributed by atoms with Crippen molar-refractivity contribution in [2.24, 2.45) is 0 Å². The zero-order valence-electron chi connectivity index (χ0n) is 13.4. The second-order valence-corrected chi connectivity index (χ2v) is 3.06. The fraction of sp³-hybridized carbons (Fsp3) is 0.316. The number of allylic oxidation sites excluding steroid dienone is 5.